The van der Waals surface area contributed by atoms with Gasteiger partial charge in [-0.25, -0.2) is 4.79 Å². The molecule has 1 aliphatic heterocycles. The van der Waals surface area contributed by atoms with E-state index in [4.69, 9.17) is 4.74 Å². The van der Waals surface area contributed by atoms with Crippen molar-refractivity contribution in [3.8, 4) is 16.9 Å². The molecule has 4 aromatic carbocycles. The van der Waals surface area contributed by atoms with Gasteiger partial charge in [0.2, 0.25) is 11.5 Å². The lowest BCUT2D eigenvalue weighted by atomic mass is 9.93. The lowest BCUT2D eigenvalue weighted by Gasteiger charge is -2.38. The molecule has 2 amide bonds. The van der Waals surface area contributed by atoms with Gasteiger partial charge < -0.3 is 35.5 Å². The Morgan fingerprint density at radius 3 is 2.39 bits per heavy atom. The van der Waals surface area contributed by atoms with Crippen molar-refractivity contribution in [2.24, 2.45) is 0 Å². The van der Waals surface area contributed by atoms with Gasteiger partial charge in [0.15, 0.2) is 0 Å². The molecule has 0 spiro atoms. The maximum absolute atomic E-state index is 12.9. The minimum absolute atomic E-state index is 0.0522. The second kappa shape index (κ2) is 16.0. The van der Waals surface area contributed by atoms with E-state index in [2.05, 4.69) is 25.8 Å². The molecule has 6 rings (SSSR count). The Morgan fingerprint density at radius 1 is 0.902 bits per heavy atom. The molecule has 1 aliphatic rings. The number of pyridine rings is 1. The molecule has 1 unspecified atom stereocenters. The summed E-state index contributed by atoms with van der Waals surface area (Å²) < 4.78 is 5.92. The number of carbonyl (C=O) groups excluding carboxylic acids is 2. The molecule has 11 nitrogen and oxygen atoms in total. The Hall–Kier alpha value is -5.49. The van der Waals surface area contributed by atoms with Crippen molar-refractivity contribution in [2.45, 2.75) is 44.4 Å². The number of benzene rings is 4. The average molecular weight is 690 g/mol. The number of ether oxygens (including phenoxy) is 1. The third-order valence-electron chi connectivity index (χ3n) is 9.33. The maximum atomic E-state index is 12.9. The number of aromatic amines is 1. The number of piperidine rings is 1. The van der Waals surface area contributed by atoms with Gasteiger partial charge >= 0.3 is 6.09 Å². The quantitative estimate of drug-likeness (QED) is 0.0911. The maximum Gasteiger partial charge on any atom is 0.412 e. The van der Waals surface area contributed by atoms with Crippen LogP contribution in [0, 0.1) is 0 Å². The van der Waals surface area contributed by atoms with E-state index in [-0.39, 0.29) is 23.8 Å². The Morgan fingerprint density at radius 2 is 1.63 bits per heavy atom. The van der Waals surface area contributed by atoms with Crippen LogP contribution in [0.25, 0.3) is 22.0 Å². The van der Waals surface area contributed by atoms with Crippen LogP contribution in [-0.4, -0.2) is 63.9 Å². The molecule has 264 valence electrons. The summed E-state index contributed by atoms with van der Waals surface area (Å²) in [4.78, 5) is 42.2. The standard InChI is InChI=1S/C40H43N5O6/c1-40(51-39(50)43-33-10-6-5-9-30(33)28-7-3-2-4-8-28)20-23-45(24-21-40)22-19-37(49)42-29-13-11-27(12-14-29)25-41-26-35(47)31-15-17-34(46)38-32(31)16-18-36(48)44-38/h2-18,35,41,46-47H,19-26H2,1H3,(H,42,49)(H,43,50)(H,44,48). The highest BCUT2D eigenvalue weighted by molar-refractivity contribution is 5.92. The first-order chi connectivity index (χ1) is 24.7. The summed E-state index contributed by atoms with van der Waals surface area (Å²) in [5, 5.41) is 30.6. The van der Waals surface area contributed by atoms with Gasteiger partial charge in [-0.1, -0.05) is 66.7 Å². The van der Waals surface area contributed by atoms with Gasteiger partial charge in [0.25, 0.3) is 0 Å². The van der Waals surface area contributed by atoms with Crippen LogP contribution in [0.3, 0.4) is 0 Å². The van der Waals surface area contributed by atoms with Crippen LogP contribution in [-0.2, 0) is 16.1 Å². The second-order valence-corrected chi connectivity index (χ2v) is 13.1. The van der Waals surface area contributed by atoms with Crippen molar-refractivity contribution in [3.63, 3.8) is 0 Å². The lowest BCUT2D eigenvalue weighted by Crippen LogP contribution is -2.46. The highest BCUT2D eigenvalue weighted by atomic mass is 16.6. The second-order valence-electron chi connectivity index (χ2n) is 13.1. The van der Waals surface area contributed by atoms with Crippen molar-refractivity contribution in [1.82, 2.24) is 15.2 Å². The molecular formula is C40H43N5O6. The number of para-hydroxylation sites is 1. The van der Waals surface area contributed by atoms with E-state index in [0.29, 0.717) is 60.2 Å². The number of aliphatic hydroxyl groups is 1. The molecule has 1 fully saturated rings. The van der Waals surface area contributed by atoms with Crippen LogP contribution in [0.15, 0.2) is 108 Å². The van der Waals surface area contributed by atoms with Crippen molar-refractivity contribution in [3.05, 3.63) is 125 Å². The number of aromatic nitrogens is 1. The zero-order valence-corrected chi connectivity index (χ0v) is 28.5. The van der Waals surface area contributed by atoms with Gasteiger partial charge in [-0.3, -0.25) is 14.9 Å². The van der Waals surface area contributed by atoms with Crippen LogP contribution in [0.5, 0.6) is 5.75 Å². The number of rotatable bonds is 12. The minimum atomic E-state index is -0.855. The minimum Gasteiger partial charge on any atom is -0.506 e. The summed E-state index contributed by atoms with van der Waals surface area (Å²) in [6.45, 7) is 4.76. The number of phenolic OH excluding ortho intramolecular Hbond substituents is 1. The molecule has 5 aromatic rings. The molecule has 1 atom stereocenters. The largest absolute Gasteiger partial charge is 0.506 e. The number of anilines is 2. The first-order valence-corrected chi connectivity index (χ1v) is 17.2. The molecule has 2 heterocycles. The van der Waals surface area contributed by atoms with Crippen LogP contribution in [0.2, 0.25) is 0 Å². The van der Waals surface area contributed by atoms with Crippen LogP contribution < -0.4 is 21.5 Å². The highest BCUT2D eigenvalue weighted by Crippen LogP contribution is 2.31. The normalized spacial score (nSPS) is 14.9. The third-order valence-corrected chi connectivity index (χ3v) is 9.33. The molecule has 1 saturated heterocycles. The fraction of sp³-hybridized carbons (Fsp3) is 0.275. The summed E-state index contributed by atoms with van der Waals surface area (Å²) in [6, 6.07) is 31.1. The fourth-order valence-corrected chi connectivity index (χ4v) is 6.37. The Bertz CT molecular complexity index is 2020. The van der Waals surface area contributed by atoms with Crippen molar-refractivity contribution in [2.75, 3.05) is 36.8 Å². The molecule has 6 N–H and O–H groups in total. The van der Waals surface area contributed by atoms with Gasteiger partial charge in [0.1, 0.15) is 11.4 Å². The van der Waals surface area contributed by atoms with Crippen molar-refractivity contribution in [1.29, 1.82) is 0 Å². The molecule has 0 bridgehead atoms. The first kappa shape index (κ1) is 35.3. The zero-order chi connectivity index (χ0) is 35.8. The van der Waals surface area contributed by atoms with E-state index in [9.17, 15) is 24.6 Å². The van der Waals surface area contributed by atoms with E-state index < -0.39 is 17.8 Å². The summed E-state index contributed by atoms with van der Waals surface area (Å²) in [5.41, 5.74) is 4.29. The Labute approximate surface area is 296 Å². The van der Waals surface area contributed by atoms with E-state index in [1.807, 2.05) is 85.8 Å². The number of fused-ring (bicyclic) bond motifs is 1. The van der Waals surface area contributed by atoms with E-state index in [1.165, 1.54) is 12.1 Å². The average Bonchev–Trinajstić information content (AvgIpc) is 3.13. The van der Waals surface area contributed by atoms with Crippen LogP contribution in [0.4, 0.5) is 16.2 Å². The smallest absolute Gasteiger partial charge is 0.412 e. The van der Waals surface area contributed by atoms with E-state index in [1.54, 1.807) is 12.1 Å². The van der Waals surface area contributed by atoms with Gasteiger partial charge in [0, 0.05) is 61.8 Å². The number of nitrogens with one attached hydrogen (secondary N) is 4. The number of amides is 2. The third kappa shape index (κ3) is 9.20. The summed E-state index contributed by atoms with van der Waals surface area (Å²) in [7, 11) is 0. The number of hydrogen-bond donors (Lipinski definition) is 6. The van der Waals surface area contributed by atoms with Gasteiger partial charge in [0.05, 0.1) is 17.3 Å². The summed E-state index contributed by atoms with van der Waals surface area (Å²) in [6.07, 6.45) is 0.347. The molecular weight excluding hydrogens is 646 g/mol. The number of hydrogen-bond acceptors (Lipinski definition) is 8. The number of aliphatic hydroxyl groups excluding tert-OH is 1. The number of likely N-dealkylation sites (tertiary alicyclic amines) is 1. The number of H-pyrrole nitrogens is 1. The first-order valence-electron chi connectivity index (χ1n) is 17.2. The monoisotopic (exact) mass is 689 g/mol. The van der Waals surface area contributed by atoms with Crippen LogP contribution in [0.1, 0.15) is 43.4 Å². The van der Waals surface area contributed by atoms with Crippen molar-refractivity contribution >= 4 is 34.3 Å². The predicted octanol–water partition coefficient (Wildman–Crippen LogP) is 6.16. The molecule has 51 heavy (non-hydrogen) atoms. The van der Waals surface area contributed by atoms with Crippen LogP contribution >= 0.6 is 0 Å². The Kier molecular flexibility index (Phi) is 11.1. The van der Waals surface area contributed by atoms with E-state index in [0.717, 1.165) is 29.8 Å². The van der Waals surface area contributed by atoms with Gasteiger partial charge in [-0.2, -0.15) is 0 Å². The fourth-order valence-electron chi connectivity index (χ4n) is 6.37. The number of phenols is 1. The van der Waals surface area contributed by atoms with Gasteiger partial charge in [-0.15, -0.1) is 0 Å². The highest BCUT2D eigenvalue weighted by Gasteiger charge is 2.34. The lowest BCUT2D eigenvalue weighted by molar-refractivity contribution is -0.116. The molecule has 0 saturated carbocycles. The molecule has 0 radical (unpaired) electrons. The number of carbonyl (C=O) groups is 2. The predicted molar refractivity (Wildman–Crippen MR) is 199 cm³/mol. The van der Waals surface area contributed by atoms with E-state index >= 15 is 0 Å². The zero-order valence-electron chi connectivity index (χ0n) is 28.5. The molecule has 0 aliphatic carbocycles. The number of nitrogens with zero attached hydrogens (tertiary/aromatic N) is 1. The topological polar surface area (TPSA) is 156 Å². The van der Waals surface area contributed by atoms with Gasteiger partial charge in [-0.05, 0) is 66.8 Å². The molecule has 1 aromatic heterocycles. The molecule has 11 heteroatoms. The van der Waals surface area contributed by atoms with Crippen molar-refractivity contribution < 1.29 is 24.5 Å². The Balaban J connectivity index is 0.903. The SMILES string of the molecule is CC1(OC(=O)Nc2ccccc2-c2ccccc2)CCN(CCC(=O)Nc2ccc(CNCC(O)c3ccc(O)c4[nH]c(=O)ccc34)cc2)CC1. The number of aromatic hydroxyl groups is 1. The summed E-state index contributed by atoms with van der Waals surface area (Å²) in [5.74, 6) is -0.129. The summed E-state index contributed by atoms with van der Waals surface area (Å²) >= 11 is 0.